The third-order valence-electron chi connectivity index (χ3n) is 2.57. The number of nitro groups is 1. The van der Waals surface area contributed by atoms with Crippen molar-refractivity contribution >= 4 is 5.69 Å². The van der Waals surface area contributed by atoms with Crippen molar-refractivity contribution in [2.24, 2.45) is 0 Å². The van der Waals surface area contributed by atoms with Crippen molar-refractivity contribution in [3.8, 4) is 11.5 Å². The topological polar surface area (TPSA) is 77.3 Å². The van der Waals surface area contributed by atoms with Crippen LogP contribution in [-0.4, -0.2) is 17.0 Å². The third kappa shape index (κ3) is 3.07. The fraction of sp³-hybridized carbons (Fsp3) is 0.154. The predicted octanol–water partition coefficient (Wildman–Crippen LogP) is 2.64. The molecule has 6 nitrogen and oxygen atoms in total. The molecule has 0 saturated heterocycles. The van der Waals surface area contributed by atoms with E-state index in [1.165, 1.54) is 18.3 Å². The zero-order valence-electron chi connectivity index (χ0n) is 10.7. The SMILES string of the molecule is CNCc1cnccc1Oc1ccc([N+](=O)[O-])cc1F. The van der Waals surface area contributed by atoms with Crippen molar-refractivity contribution in [1.82, 2.24) is 10.3 Å². The summed E-state index contributed by atoms with van der Waals surface area (Å²) in [5.41, 5.74) is 0.438. The lowest BCUT2D eigenvalue weighted by Gasteiger charge is -2.10. The van der Waals surface area contributed by atoms with E-state index in [1.807, 2.05) is 0 Å². The van der Waals surface area contributed by atoms with Crippen molar-refractivity contribution in [2.45, 2.75) is 6.54 Å². The Labute approximate surface area is 114 Å². The van der Waals surface area contributed by atoms with Gasteiger partial charge in [0.1, 0.15) is 5.75 Å². The van der Waals surface area contributed by atoms with Crippen LogP contribution in [0.5, 0.6) is 11.5 Å². The summed E-state index contributed by atoms with van der Waals surface area (Å²) in [6.45, 7) is 0.512. The lowest BCUT2D eigenvalue weighted by molar-refractivity contribution is -0.385. The molecule has 1 aromatic heterocycles. The molecule has 104 valence electrons. The van der Waals surface area contributed by atoms with E-state index in [4.69, 9.17) is 4.74 Å². The number of rotatable bonds is 5. The zero-order valence-corrected chi connectivity index (χ0v) is 10.7. The monoisotopic (exact) mass is 277 g/mol. The Morgan fingerprint density at radius 2 is 2.20 bits per heavy atom. The van der Waals surface area contributed by atoms with E-state index in [-0.39, 0.29) is 11.4 Å². The van der Waals surface area contributed by atoms with E-state index in [0.29, 0.717) is 12.3 Å². The van der Waals surface area contributed by atoms with Gasteiger partial charge in [-0.1, -0.05) is 0 Å². The first-order valence-electron chi connectivity index (χ1n) is 5.81. The second-order valence-electron chi connectivity index (χ2n) is 3.99. The highest BCUT2D eigenvalue weighted by molar-refractivity contribution is 5.41. The number of nitro benzene ring substituents is 1. The van der Waals surface area contributed by atoms with E-state index in [9.17, 15) is 14.5 Å². The Hall–Kier alpha value is -2.54. The van der Waals surface area contributed by atoms with Crippen molar-refractivity contribution in [3.63, 3.8) is 0 Å². The Morgan fingerprint density at radius 3 is 2.85 bits per heavy atom. The average molecular weight is 277 g/mol. The van der Waals surface area contributed by atoms with Crippen LogP contribution in [-0.2, 0) is 6.54 Å². The summed E-state index contributed by atoms with van der Waals surface area (Å²) in [6, 6.07) is 4.86. The van der Waals surface area contributed by atoms with Crippen LogP contribution in [0.15, 0.2) is 36.7 Å². The van der Waals surface area contributed by atoms with Crippen molar-refractivity contribution in [2.75, 3.05) is 7.05 Å². The van der Waals surface area contributed by atoms with Gasteiger partial charge in [0.2, 0.25) is 0 Å². The first-order valence-corrected chi connectivity index (χ1v) is 5.81. The summed E-state index contributed by atoms with van der Waals surface area (Å²) in [6.07, 6.45) is 3.13. The van der Waals surface area contributed by atoms with Crippen LogP contribution in [0, 0.1) is 15.9 Å². The van der Waals surface area contributed by atoms with Crippen molar-refractivity contribution < 1.29 is 14.1 Å². The quantitative estimate of drug-likeness (QED) is 0.671. The largest absolute Gasteiger partial charge is 0.454 e. The third-order valence-corrected chi connectivity index (χ3v) is 2.57. The molecule has 7 heteroatoms. The highest BCUT2D eigenvalue weighted by Crippen LogP contribution is 2.29. The summed E-state index contributed by atoms with van der Waals surface area (Å²) >= 11 is 0. The van der Waals surface area contributed by atoms with E-state index < -0.39 is 10.7 Å². The van der Waals surface area contributed by atoms with Crippen LogP contribution >= 0.6 is 0 Å². The van der Waals surface area contributed by atoms with Crippen molar-refractivity contribution in [3.05, 3.63) is 58.2 Å². The number of nitrogens with zero attached hydrogens (tertiary/aromatic N) is 2. The van der Waals surface area contributed by atoms with E-state index >= 15 is 0 Å². The fourth-order valence-corrected chi connectivity index (χ4v) is 1.64. The molecule has 0 spiro atoms. The van der Waals surface area contributed by atoms with Gasteiger partial charge >= 0.3 is 0 Å². The molecule has 0 bridgehead atoms. The Morgan fingerprint density at radius 1 is 1.40 bits per heavy atom. The van der Waals surface area contributed by atoms with Gasteiger partial charge in [-0.05, 0) is 19.2 Å². The lowest BCUT2D eigenvalue weighted by Crippen LogP contribution is -2.07. The average Bonchev–Trinajstić information content (AvgIpc) is 2.43. The van der Waals surface area contributed by atoms with Gasteiger partial charge in [-0.15, -0.1) is 0 Å². The maximum atomic E-state index is 13.8. The molecule has 0 unspecified atom stereocenters. The molecule has 1 aromatic carbocycles. The molecule has 0 aliphatic carbocycles. The van der Waals surface area contributed by atoms with Crippen LogP contribution in [0.25, 0.3) is 0 Å². The molecule has 0 aliphatic rings. The number of benzene rings is 1. The Kier molecular flexibility index (Phi) is 4.21. The zero-order chi connectivity index (χ0) is 14.5. The smallest absolute Gasteiger partial charge is 0.272 e. The van der Waals surface area contributed by atoms with Gasteiger partial charge in [0, 0.05) is 30.6 Å². The van der Waals surface area contributed by atoms with Gasteiger partial charge in [0.15, 0.2) is 11.6 Å². The Balaban J connectivity index is 2.28. The van der Waals surface area contributed by atoms with Crippen LogP contribution in [0.2, 0.25) is 0 Å². The second kappa shape index (κ2) is 6.07. The minimum atomic E-state index is -0.786. The summed E-state index contributed by atoms with van der Waals surface area (Å²) < 4.78 is 19.2. The molecular weight excluding hydrogens is 265 g/mol. The number of ether oxygens (including phenoxy) is 1. The fourth-order valence-electron chi connectivity index (χ4n) is 1.64. The lowest BCUT2D eigenvalue weighted by atomic mass is 10.2. The maximum absolute atomic E-state index is 13.8. The molecule has 0 saturated carbocycles. The standard InChI is InChI=1S/C13H12FN3O3/c1-15-7-9-8-16-5-4-12(9)20-13-3-2-10(17(18)19)6-11(13)14/h2-6,8,15H,7H2,1H3. The van der Waals surface area contributed by atoms with Gasteiger partial charge in [-0.3, -0.25) is 15.1 Å². The number of non-ortho nitro benzene ring substituents is 1. The molecule has 0 fully saturated rings. The molecule has 0 amide bonds. The number of hydrogen-bond donors (Lipinski definition) is 1. The normalized spacial score (nSPS) is 10.3. The highest BCUT2D eigenvalue weighted by atomic mass is 19.1. The van der Waals surface area contributed by atoms with Gasteiger partial charge in [0.05, 0.1) is 11.0 Å². The summed E-state index contributed by atoms with van der Waals surface area (Å²) in [7, 11) is 1.77. The molecule has 0 radical (unpaired) electrons. The van der Waals surface area contributed by atoms with E-state index in [0.717, 1.165) is 11.6 Å². The summed E-state index contributed by atoms with van der Waals surface area (Å²) in [5, 5.41) is 13.5. The number of halogens is 1. The number of aromatic nitrogens is 1. The molecule has 1 N–H and O–H groups in total. The number of nitrogens with one attached hydrogen (secondary N) is 1. The van der Waals surface area contributed by atoms with Gasteiger partial charge in [-0.2, -0.15) is 0 Å². The molecule has 0 atom stereocenters. The highest BCUT2D eigenvalue weighted by Gasteiger charge is 2.13. The maximum Gasteiger partial charge on any atom is 0.272 e. The molecule has 0 aliphatic heterocycles. The van der Waals surface area contributed by atoms with Crippen LogP contribution < -0.4 is 10.1 Å². The van der Waals surface area contributed by atoms with Gasteiger partial charge in [-0.25, -0.2) is 4.39 Å². The Bertz CT molecular complexity index is 634. The molecule has 2 rings (SSSR count). The van der Waals surface area contributed by atoms with E-state index in [2.05, 4.69) is 10.3 Å². The molecule has 2 aromatic rings. The van der Waals surface area contributed by atoms with Crippen LogP contribution in [0.3, 0.4) is 0 Å². The molecule has 20 heavy (non-hydrogen) atoms. The number of hydrogen-bond acceptors (Lipinski definition) is 5. The molecular formula is C13H12FN3O3. The predicted molar refractivity (Wildman–Crippen MR) is 70.1 cm³/mol. The minimum absolute atomic E-state index is 0.0702. The molecule has 1 heterocycles. The first kappa shape index (κ1) is 13.9. The van der Waals surface area contributed by atoms with E-state index in [1.54, 1.807) is 19.3 Å². The second-order valence-corrected chi connectivity index (χ2v) is 3.99. The summed E-state index contributed by atoms with van der Waals surface area (Å²) in [4.78, 5) is 13.8. The minimum Gasteiger partial charge on any atom is -0.454 e. The number of pyridine rings is 1. The van der Waals surface area contributed by atoms with Crippen LogP contribution in [0.1, 0.15) is 5.56 Å². The first-order chi connectivity index (χ1) is 9.61. The van der Waals surface area contributed by atoms with Crippen molar-refractivity contribution in [1.29, 1.82) is 0 Å². The summed E-state index contributed by atoms with van der Waals surface area (Å²) in [5.74, 6) is -0.410. The van der Waals surface area contributed by atoms with Gasteiger partial charge in [0.25, 0.3) is 5.69 Å². The van der Waals surface area contributed by atoms with Gasteiger partial charge < -0.3 is 10.1 Å². The van der Waals surface area contributed by atoms with Crippen LogP contribution in [0.4, 0.5) is 10.1 Å².